The first-order chi connectivity index (χ1) is 11.0. The highest BCUT2D eigenvalue weighted by molar-refractivity contribution is 8.23. The topological polar surface area (TPSA) is 95.7 Å². The van der Waals surface area contributed by atoms with Gasteiger partial charge in [-0.3, -0.25) is 9.69 Å². The molecule has 9 heteroatoms. The Balaban J connectivity index is 1.55. The van der Waals surface area contributed by atoms with Gasteiger partial charge < -0.3 is 14.8 Å². The summed E-state index contributed by atoms with van der Waals surface area (Å²) in [4.78, 5) is 29.4. The lowest BCUT2D eigenvalue weighted by Crippen LogP contribution is -2.60. The number of aliphatic carboxylic acids is 1. The van der Waals surface area contributed by atoms with Crippen LogP contribution >= 0.6 is 23.5 Å². The van der Waals surface area contributed by atoms with E-state index in [1.54, 1.807) is 13.1 Å². The zero-order valence-corrected chi connectivity index (χ0v) is 13.9. The molecule has 0 radical (unpaired) electrons. The Morgan fingerprint density at radius 2 is 2.35 bits per heavy atom. The number of carboxylic acid groups (broad SMARTS) is 1. The number of aliphatic hydroxyl groups is 1. The molecule has 3 aliphatic rings. The van der Waals surface area contributed by atoms with Crippen LogP contribution in [-0.2, 0) is 22.6 Å². The van der Waals surface area contributed by atoms with Gasteiger partial charge in [0.15, 0.2) is 5.70 Å². The summed E-state index contributed by atoms with van der Waals surface area (Å²) in [6.45, 7) is 2.36. The van der Waals surface area contributed by atoms with Crippen molar-refractivity contribution in [3.63, 3.8) is 0 Å². The second kappa shape index (κ2) is 5.29. The first-order valence-corrected chi connectivity index (χ1v) is 9.05. The van der Waals surface area contributed by atoms with Gasteiger partial charge in [0.25, 0.3) is 0 Å². The number of imidazole rings is 1. The second-order valence-corrected chi connectivity index (χ2v) is 8.56. The van der Waals surface area contributed by atoms with Crippen molar-refractivity contribution >= 4 is 35.4 Å². The molecule has 1 fully saturated rings. The number of rotatable bonds is 4. The van der Waals surface area contributed by atoms with E-state index in [0.717, 1.165) is 18.8 Å². The number of carboxylic acids is 1. The number of β-lactam (4-membered cyclic amide) rings is 1. The van der Waals surface area contributed by atoms with Crippen LogP contribution in [0.4, 0.5) is 0 Å². The summed E-state index contributed by atoms with van der Waals surface area (Å²) in [5.74, 6) is -0.906. The molecule has 2 N–H and O–H groups in total. The molecule has 7 nitrogen and oxygen atoms in total. The number of amides is 1. The first-order valence-electron chi connectivity index (χ1n) is 7.29. The molecule has 4 heterocycles. The van der Waals surface area contributed by atoms with E-state index in [0.29, 0.717) is 4.24 Å². The maximum absolute atomic E-state index is 12.2. The van der Waals surface area contributed by atoms with Crippen LogP contribution in [0.5, 0.6) is 0 Å². The Labute approximate surface area is 140 Å². The number of nitrogens with zero attached hydrogens (tertiary/aromatic N) is 3. The molecule has 1 aromatic rings. The highest BCUT2D eigenvalue weighted by Crippen LogP contribution is 2.55. The molecule has 0 spiro atoms. The van der Waals surface area contributed by atoms with E-state index in [4.69, 9.17) is 0 Å². The second-order valence-electron chi connectivity index (χ2n) is 5.86. The number of carbonyl (C=O) groups excluding carboxylic acids is 1. The van der Waals surface area contributed by atoms with Gasteiger partial charge in [0, 0.05) is 30.6 Å². The minimum atomic E-state index is -1.09. The molecule has 0 bridgehead atoms. The standard InChI is InChI=1S/C14H15N3O4S2/c1-6(18)9-11(19)17-10(13(20)21)14(23-12(9)17)22-7-4-8-15-2-3-16(8)5-7/h2-3,6-7,9,12,18H,4-5H2,1H3,(H,20,21)/t6-,7?,9+,12-/m1/s1. The van der Waals surface area contributed by atoms with Crippen LogP contribution in [0.3, 0.4) is 0 Å². The molecule has 1 saturated heterocycles. The van der Waals surface area contributed by atoms with E-state index < -0.39 is 18.0 Å². The Morgan fingerprint density at radius 1 is 1.57 bits per heavy atom. The van der Waals surface area contributed by atoms with Gasteiger partial charge in [0.1, 0.15) is 11.2 Å². The van der Waals surface area contributed by atoms with Gasteiger partial charge >= 0.3 is 5.97 Å². The molecule has 3 aliphatic heterocycles. The maximum Gasteiger partial charge on any atom is 0.354 e. The van der Waals surface area contributed by atoms with E-state index in [1.807, 2.05) is 6.20 Å². The molecule has 1 amide bonds. The number of hydrogen-bond acceptors (Lipinski definition) is 6. The molecule has 1 aromatic heterocycles. The van der Waals surface area contributed by atoms with E-state index in [-0.39, 0.29) is 22.2 Å². The van der Waals surface area contributed by atoms with Crippen LogP contribution in [0.1, 0.15) is 12.7 Å². The average Bonchev–Trinajstić information content (AvgIpc) is 3.10. The van der Waals surface area contributed by atoms with Crippen LogP contribution in [0.25, 0.3) is 0 Å². The highest BCUT2D eigenvalue weighted by Gasteiger charge is 2.58. The third-order valence-electron chi connectivity index (χ3n) is 4.35. The van der Waals surface area contributed by atoms with Crippen molar-refractivity contribution in [2.45, 2.75) is 36.6 Å². The van der Waals surface area contributed by atoms with E-state index in [2.05, 4.69) is 9.55 Å². The summed E-state index contributed by atoms with van der Waals surface area (Å²) in [7, 11) is 0. The first kappa shape index (κ1) is 15.1. The van der Waals surface area contributed by atoms with Crippen molar-refractivity contribution in [3.05, 3.63) is 28.2 Å². The molecule has 122 valence electrons. The Morgan fingerprint density at radius 3 is 3.00 bits per heavy atom. The minimum Gasteiger partial charge on any atom is -0.477 e. The van der Waals surface area contributed by atoms with Crippen molar-refractivity contribution in [3.8, 4) is 0 Å². The van der Waals surface area contributed by atoms with Gasteiger partial charge in [0.2, 0.25) is 5.91 Å². The summed E-state index contributed by atoms with van der Waals surface area (Å²) in [6, 6.07) is 0. The van der Waals surface area contributed by atoms with E-state index >= 15 is 0 Å². The van der Waals surface area contributed by atoms with Gasteiger partial charge in [-0.2, -0.15) is 0 Å². The predicted molar refractivity (Wildman–Crippen MR) is 85.4 cm³/mol. The molecule has 0 aliphatic carbocycles. The highest BCUT2D eigenvalue weighted by atomic mass is 32.2. The molecule has 23 heavy (non-hydrogen) atoms. The van der Waals surface area contributed by atoms with Crippen LogP contribution in [0.2, 0.25) is 0 Å². The summed E-state index contributed by atoms with van der Waals surface area (Å²) in [6.07, 6.45) is 3.70. The van der Waals surface area contributed by atoms with Crippen LogP contribution < -0.4 is 0 Å². The van der Waals surface area contributed by atoms with Gasteiger partial charge in [-0.1, -0.05) is 11.8 Å². The molecule has 1 unspecified atom stereocenters. The Hall–Kier alpha value is -1.45. The number of aliphatic hydroxyl groups excluding tert-OH is 1. The number of hydrogen-bond donors (Lipinski definition) is 2. The van der Waals surface area contributed by atoms with Crippen LogP contribution in [-0.4, -0.2) is 53.3 Å². The fourth-order valence-corrected chi connectivity index (χ4v) is 6.56. The van der Waals surface area contributed by atoms with Gasteiger partial charge in [-0.05, 0) is 6.92 Å². The van der Waals surface area contributed by atoms with E-state index in [9.17, 15) is 19.8 Å². The summed E-state index contributed by atoms with van der Waals surface area (Å²) >= 11 is 2.88. The van der Waals surface area contributed by atoms with Gasteiger partial charge in [0.05, 0.1) is 16.3 Å². The maximum atomic E-state index is 12.2. The Kier molecular flexibility index (Phi) is 3.47. The Bertz CT molecular complexity index is 709. The smallest absolute Gasteiger partial charge is 0.354 e. The predicted octanol–water partition coefficient (Wildman–Crippen LogP) is 0.707. The fraction of sp³-hybridized carbons (Fsp3) is 0.500. The molecular formula is C14H15N3O4S2. The third kappa shape index (κ3) is 2.21. The zero-order valence-electron chi connectivity index (χ0n) is 12.2. The average molecular weight is 353 g/mol. The summed E-state index contributed by atoms with van der Waals surface area (Å²) in [5.41, 5.74) is 0.0661. The number of carbonyl (C=O) groups is 2. The lowest BCUT2D eigenvalue weighted by Gasteiger charge is -2.43. The van der Waals surface area contributed by atoms with Crippen LogP contribution in [0, 0.1) is 5.92 Å². The molecule has 0 aromatic carbocycles. The number of thioether (sulfide) groups is 2. The van der Waals surface area contributed by atoms with Gasteiger partial charge in [-0.25, -0.2) is 9.78 Å². The molecule has 4 rings (SSSR count). The summed E-state index contributed by atoms with van der Waals surface area (Å²) < 4.78 is 2.73. The van der Waals surface area contributed by atoms with Crippen molar-refractivity contribution in [1.82, 2.24) is 14.5 Å². The molecule has 0 saturated carbocycles. The number of fused-ring (bicyclic) bond motifs is 2. The SMILES string of the molecule is C[C@@H](O)[C@H]1C(=O)N2C(C(=O)O)=C(SC3Cc4nccn4C3)S[C@H]12. The summed E-state index contributed by atoms with van der Waals surface area (Å²) in [5, 5.41) is 19.1. The van der Waals surface area contributed by atoms with Crippen molar-refractivity contribution < 1.29 is 19.8 Å². The number of aromatic nitrogens is 2. The normalized spacial score (nSPS) is 30.3. The zero-order chi connectivity index (χ0) is 16.3. The monoisotopic (exact) mass is 353 g/mol. The largest absolute Gasteiger partial charge is 0.477 e. The van der Waals surface area contributed by atoms with Crippen molar-refractivity contribution in [2.75, 3.05) is 0 Å². The lowest BCUT2D eigenvalue weighted by atomic mass is 9.92. The van der Waals surface area contributed by atoms with E-state index in [1.165, 1.54) is 28.4 Å². The lowest BCUT2D eigenvalue weighted by molar-refractivity contribution is -0.156. The molecule has 4 atom stereocenters. The molecular weight excluding hydrogens is 338 g/mol. The minimum absolute atomic E-state index is 0.0661. The van der Waals surface area contributed by atoms with Crippen molar-refractivity contribution in [2.24, 2.45) is 5.92 Å². The fourth-order valence-electron chi connectivity index (χ4n) is 3.25. The third-order valence-corrected chi connectivity index (χ3v) is 7.14. The quantitative estimate of drug-likeness (QED) is 0.770. The van der Waals surface area contributed by atoms with Gasteiger partial charge in [-0.15, -0.1) is 11.8 Å². The van der Waals surface area contributed by atoms with Crippen LogP contribution in [0.15, 0.2) is 22.3 Å². The van der Waals surface area contributed by atoms with Crippen molar-refractivity contribution in [1.29, 1.82) is 0 Å².